The van der Waals surface area contributed by atoms with Crippen molar-refractivity contribution >= 4 is 22.4 Å². The minimum absolute atomic E-state index is 0.0293. The molecule has 0 saturated heterocycles. The van der Waals surface area contributed by atoms with Crippen molar-refractivity contribution in [1.29, 1.82) is 0 Å². The molecular weight excluding hydrogens is 510 g/mol. The Balaban J connectivity index is 1.95. The maximum Gasteiger partial charge on any atom is 0.425 e. The zero-order valence-corrected chi connectivity index (χ0v) is 19.5. The summed E-state index contributed by atoms with van der Waals surface area (Å²) < 4.78 is 67.3. The van der Waals surface area contributed by atoms with Gasteiger partial charge in [0, 0.05) is 18.0 Å². The number of hydrogen-bond acceptors (Lipinski definition) is 7. The number of fused-ring (bicyclic) bond motifs is 1. The number of benzene rings is 2. The van der Waals surface area contributed by atoms with Gasteiger partial charge in [0.25, 0.3) is 5.88 Å². The molecule has 2 aromatic heterocycles. The van der Waals surface area contributed by atoms with E-state index in [0.717, 1.165) is 23.7 Å². The van der Waals surface area contributed by atoms with Crippen LogP contribution < -0.4 is 15.2 Å². The first-order chi connectivity index (χ1) is 17.0. The van der Waals surface area contributed by atoms with Crippen molar-refractivity contribution in [2.45, 2.75) is 39.3 Å². The Kier molecular flexibility index (Phi) is 6.87. The lowest BCUT2D eigenvalue weighted by molar-refractivity contribution is -0.189. The fraction of sp³-hybridized carbons (Fsp3) is 0.273. The summed E-state index contributed by atoms with van der Waals surface area (Å²) in [6.45, 7) is 2.12. The molecule has 2 heterocycles. The second-order valence-electron chi connectivity index (χ2n) is 7.53. The molecule has 9 nitrogen and oxygen atoms in total. The monoisotopic (exact) mass is 527 g/mol. The maximum absolute atomic E-state index is 14.3. The zero-order chi connectivity index (χ0) is 26.2. The normalized spacial score (nSPS) is 12.7. The molecule has 14 heteroatoms. The molecule has 190 valence electrons. The van der Waals surface area contributed by atoms with Gasteiger partial charge in [0.05, 0.1) is 22.3 Å². The minimum Gasteiger partial charge on any atom is -0.480 e. The molecule has 4 rings (SSSR count). The molecule has 0 spiro atoms. The lowest BCUT2D eigenvalue weighted by Crippen LogP contribution is -2.31. The standard InChI is InChI=1S/C22H18ClF4N5O4/c1-3-31-17(10-33)30-32(21(31)34)13-7-12-9-28-29-20(36-19-14(23)5-4-6-15(19)24)18(12)16(8-13)35-11(2)22(25,26)27/h4-9,11,33H,3,10H2,1-2H3/t11-/m0/s1. The number of ether oxygens (including phenoxy) is 2. The molecule has 0 fully saturated rings. The highest BCUT2D eigenvalue weighted by Gasteiger charge is 2.38. The van der Waals surface area contributed by atoms with Crippen LogP contribution in [-0.4, -0.2) is 41.9 Å². The molecule has 0 aliphatic carbocycles. The Labute approximate surface area is 205 Å². The fourth-order valence-corrected chi connectivity index (χ4v) is 3.61. The van der Waals surface area contributed by atoms with E-state index in [9.17, 15) is 27.5 Å². The van der Waals surface area contributed by atoms with E-state index in [0.29, 0.717) is 0 Å². The van der Waals surface area contributed by atoms with Crippen molar-refractivity contribution in [3.8, 4) is 23.1 Å². The summed E-state index contributed by atoms with van der Waals surface area (Å²) in [4.78, 5) is 12.8. The van der Waals surface area contributed by atoms with Crippen LogP contribution in [0.4, 0.5) is 17.6 Å². The second kappa shape index (κ2) is 9.74. The first kappa shape index (κ1) is 25.4. The fourth-order valence-electron chi connectivity index (χ4n) is 3.41. The molecule has 0 saturated carbocycles. The molecule has 2 aromatic carbocycles. The second-order valence-corrected chi connectivity index (χ2v) is 7.93. The lowest BCUT2D eigenvalue weighted by Gasteiger charge is -2.20. The number of hydrogen-bond donors (Lipinski definition) is 1. The first-order valence-electron chi connectivity index (χ1n) is 10.5. The first-order valence-corrected chi connectivity index (χ1v) is 10.9. The quantitative estimate of drug-likeness (QED) is 0.355. The number of aliphatic hydroxyl groups is 1. The number of para-hydroxylation sites is 1. The summed E-state index contributed by atoms with van der Waals surface area (Å²) >= 11 is 6.02. The molecule has 0 unspecified atom stereocenters. The summed E-state index contributed by atoms with van der Waals surface area (Å²) in [7, 11) is 0. The third-order valence-corrected chi connectivity index (χ3v) is 5.50. The Bertz CT molecular complexity index is 1470. The number of rotatable bonds is 7. The van der Waals surface area contributed by atoms with Crippen LogP contribution in [0.3, 0.4) is 0 Å². The van der Waals surface area contributed by atoms with E-state index >= 15 is 0 Å². The van der Waals surface area contributed by atoms with Crippen molar-refractivity contribution in [2.75, 3.05) is 0 Å². The predicted octanol–water partition coefficient (Wildman–Crippen LogP) is 4.40. The molecule has 1 N–H and O–H groups in total. The van der Waals surface area contributed by atoms with E-state index < -0.39 is 36.1 Å². The number of aromatic nitrogens is 5. The highest BCUT2D eigenvalue weighted by molar-refractivity contribution is 6.32. The van der Waals surface area contributed by atoms with Crippen LogP contribution in [0.25, 0.3) is 16.5 Å². The van der Waals surface area contributed by atoms with Gasteiger partial charge in [-0.25, -0.2) is 9.18 Å². The van der Waals surface area contributed by atoms with E-state index in [1.54, 1.807) is 6.92 Å². The molecule has 0 aliphatic heterocycles. The van der Waals surface area contributed by atoms with Crippen LogP contribution >= 0.6 is 11.6 Å². The molecule has 0 radical (unpaired) electrons. The minimum atomic E-state index is -4.73. The predicted molar refractivity (Wildman–Crippen MR) is 120 cm³/mol. The summed E-state index contributed by atoms with van der Waals surface area (Å²) in [5, 5.41) is 21.1. The van der Waals surface area contributed by atoms with E-state index in [2.05, 4.69) is 15.3 Å². The highest BCUT2D eigenvalue weighted by Crippen LogP contribution is 2.40. The summed E-state index contributed by atoms with van der Waals surface area (Å²) in [5.41, 5.74) is -0.603. The van der Waals surface area contributed by atoms with Gasteiger partial charge in [-0.2, -0.15) is 23.0 Å². The van der Waals surface area contributed by atoms with Crippen LogP contribution in [-0.2, 0) is 13.2 Å². The van der Waals surface area contributed by atoms with Gasteiger partial charge < -0.3 is 14.6 Å². The third kappa shape index (κ3) is 4.71. The van der Waals surface area contributed by atoms with Crippen LogP contribution in [0.15, 0.2) is 41.3 Å². The molecule has 0 aliphatic rings. The van der Waals surface area contributed by atoms with Crippen molar-refractivity contribution in [3.63, 3.8) is 0 Å². The number of halogens is 5. The van der Waals surface area contributed by atoms with E-state index in [4.69, 9.17) is 21.1 Å². The summed E-state index contributed by atoms with van der Waals surface area (Å²) in [5.74, 6) is -1.95. The van der Waals surface area contributed by atoms with Gasteiger partial charge in [-0.05, 0) is 32.0 Å². The SMILES string of the molecule is CCn1c(CO)nn(-c2cc(O[C@@H](C)C(F)(F)F)c3c(Oc4c(F)cccc4Cl)nncc3c2)c1=O. The van der Waals surface area contributed by atoms with Crippen molar-refractivity contribution < 1.29 is 32.1 Å². The molecule has 4 aromatic rings. The van der Waals surface area contributed by atoms with E-state index in [1.165, 1.54) is 29.0 Å². The van der Waals surface area contributed by atoms with Crippen LogP contribution in [0.1, 0.15) is 19.7 Å². The summed E-state index contributed by atoms with van der Waals surface area (Å²) in [6.07, 6.45) is -5.80. The molecule has 0 bridgehead atoms. The zero-order valence-electron chi connectivity index (χ0n) is 18.8. The maximum atomic E-state index is 14.3. The van der Waals surface area contributed by atoms with Crippen LogP contribution in [0.5, 0.6) is 17.4 Å². The van der Waals surface area contributed by atoms with Gasteiger partial charge in [-0.1, -0.05) is 17.7 Å². The van der Waals surface area contributed by atoms with Crippen LogP contribution in [0.2, 0.25) is 5.02 Å². The van der Waals surface area contributed by atoms with Crippen molar-refractivity contribution in [1.82, 2.24) is 24.5 Å². The van der Waals surface area contributed by atoms with Crippen molar-refractivity contribution in [3.05, 3.63) is 63.7 Å². The van der Waals surface area contributed by atoms with E-state index in [1.807, 2.05) is 0 Å². The Morgan fingerprint density at radius 3 is 2.61 bits per heavy atom. The van der Waals surface area contributed by atoms with Crippen LogP contribution in [0, 0.1) is 5.82 Å². The highest BCUT2D eigenvalue weighted by atomic mass is 35.5. The van der Waals surface area contributed by atoms with E-state index in [-0.39, 0.29) is 45.5 Å². The molecular formula is C22H18ClF4N5O4. The third-order valence-electron chi connectivity index (χ3n) is 5.20. The molecule has 36 heavy (non-hydrogen) atoms. The smallest absolute Gasteiger partial charge is 0.425 e. The van der Waals surface area contributed by atoms with Gasteiger partial charge in [0.15, 0.2) is 23.5 Å². The Hall–Kier alpha value is -3.71. The Morgan fingerprint density at radius 2 is 2.00 bits per heavy atom. The lowest BCUT2D eigenvalue weighted by atomic mass is 10.1. The average molecular weight is 528 g/mol. The van der Waals surface area contributed by atoms with Crippen molar-refractivity contribution in [2.24, 2.45) is 0 Å². The van der Waals surface area contributed by atoms with Gasteiger partial charge in [0.2, 0.25) is 0 Å². The van der Waals surface area contributed by atoms with Gasteiger partial charge in [-0.15, -0.1) is 10.2 Å². The Morgan fingerprint density at radius 1 is 1.25 bits per heavy atom. The van der Waals surface area contributed by atoms with Gasteiger partial charge in [-0.3, -0.25) is 4.57 Å². The van der Waals surface area contributed by atoms with Gasteiger partial charge >= 0.3 is 11.9 Å². The topological polar surface area (TPSA) is 104 Å². The molecule has 1 atom stereocenters. The average Bonchev–Trinajstić information content (AvgIpc) is 3.16. The van der Waals surface area contributed by atoms with Gasteiger partial charge in [0.1, 0.15) is 12.4 Å². The number of nitrogens with zero attached hydrogens (tertiary/aromatic N) is 5. The summed E-state index contributed by atoms with van der Waals surface area (Å²) in [6, 6.07) is 6.31. The molecule has 0 amide bonds. The number of aliphatic hydroxyl groups excluding tert-OH is 1. The largest absolute Gasteiger partial charge is 0.480 e. The number of alkyl halides is 3.